The Kier molecular flexibility index (Phi) is 3.92. The van der Waals surface area contributed by atoms with E-state index in [9.17, 15) is 4.79 Å². The molecule has 0 aromatic heterocycles. The number of methoxy groups -OCH3 is 1. The highest BCUT2D eigenvalue weighted by molar-refractivity contribution is 5.89. The van der Waals surface area contributed by atoms with Crippen molar-refractivity contribution in [2.75, 3.05) is 7.11 Å². The van der Waals surface area contributed by atoms with Gasteiger partial charge >= 0.3 is 0 Å². The first-order valence-corrected chi connectivity index (χ1v) is 5.70. The van der Waals surface area contributed by atoms with Gasteiger partial charge in [-0.05, 0) is 34.9 Å². The minimum Gasteiger partial charge on any atom is -0.497 e. The molecule has 0 heterocycles. The van der Waals surface area contributed by atoms with Crippen LogP contribution in [-0.2, 0) is 4.79 Å². The van der Waals surface area contributed by atoms with E-state index in [4.69, 9.17) is 4.74 Å². The third-order valence-corrected chi connectivity index (χ3v) is 2.70. The summed E-state index contributed by atoms with van der Waals surface area (Å²) in [7, 11) is 1.63. The van der Waals surface area contributed by atoms with E-state index in [1.165, 1.54) is 0 Å². The van der Waals surface area contributed by atoms with Crippen molar-refractivity contribution in [2.24, 2.45) is 0 Å². The summed E-state index contributed by atoms with van der Waals surface area (Å²) in [5.74, 6) is 0.778. The summed E-state index contributed by atoms with van der Waals surface area (Å²) < 4.78 is 5.20. The SMILES string of the molecule is COc1cccc(/C(=C\C=O)c2ccccc2)c1. The molecule has 2 heteroatoms. The summed E-state index contributed by atoms with van der Waals surface area (Å²) >= 11 is 0. The number of carbonyl (C=O) groups is 1. The molecular weight excluding hydrogens is 224 g/mol. The molecule has 0 N–H and O–H groups in total. The molecule has 2 aromatic carbocycles. The summed E-state index contributed by atoms with van der Waals surface area (Å²) in [6.45, 7) is 0. The standard InChI is InChI=1S/C16H14O2/c1-18-15-9-5-8-14(12-15)16(10-11-17)13-6-3-2-4-7-13/h2-12H,1H3/b16-10-. The second-order valence-corrected chi connectivity index (χ2v) is 3.81. The maximum atomic E-state index is 10.8. The van der Waals surface area contributed by atoms with Gasteiger partial charge in [-0.25, -0.2) is 0 Å². The number of benzene rings is 2. The number of aldehydes is 1. The first kappa shape index (κ1) is 12.1. The van der Waals surface area contributed by atoms with Crippen molar-refractivity contribution in [1.82, 2.24) is 0 Å². The Morgan fingerprint density at radius 3 is 2.39 bits per heavy atom. The summed E-state index contributed by atoms with van der Waals surface area (Å²) in [6, 6.07) is 17.5. The molecular formula is C16H14O2. The third kappa shape index (κ3) is 2.66. The average molecular weight is 238 g/mol. The van der Waals surface area contributed by atoms with Crippen molar-refractivity contribution in [3.8, 4) is 5.75 Å². The monoisotopic (exact) mass is 238 g/mol. The molecule has 0 aliphatic carbocycles. The van der Waals surface area contributed by atoms with Crippen LogP contribution in [0.3, 0.4) is 0 Å². The van der Waals surface area contributed by atoms with E-state index < -0.39 is 0 Å². The van der Waals surface area contributed by atoms with Crippen molar-refractivity contribution < 1.29 is 9.53 Å². The molecule has 0 saturated heterocycles. The van der Waals surface area contributed by atoms with Crippen molar-refractivity contribution in [3.05, 3.63) is 71.8 Å². The first-order valence-electron chi connectivity index (χ1n) is 5.70. The average Bonchev–Trinajstić information content (AvgIpc) is 2.46. The highest BCUT2D eigenvalue weighted by atomic mass is 16.5. The van der Waals surface area contributed by atoms with Crippen LogP contribution < -0.4 is 4.74 Å². The van der Waals surface area contributed by atoms with Gasteiger partial charge in [0, 0.05) is 0 Å². The van der Waals surface area contributed by atoms with Gasteiger partial charge in [-0.3, -0.25) is 4.79 Å². The number of rotatable bonds is 4. The molecule has 2 aromatic rings. The van der Waals surface area contributed by atoms with Gasteiger partial charge in [-0.15, -0.1) is 0 Å². The Bertz CT molecular complexity index is 556. The summed E-state index contributed by atoms with van der Waals surface area (Å²) in [6.07, 6.45) is 2.38. The molecule has 90 valence electrons. The van der Waals surface area contributed by atoms with Crippen LogP contribution in [0.15, 0.2) is 60.7 Å². The largest absolute Gasteiger partial charge is 0.497 e. The maximum Gasteiger partial charge on any atom is 0.143 e. The van der Waals surface area contributed by atoms with Gasteiger partial charge in [-0.2, -0.15) is 0 Å². The second-order valence-electron chi connectivity index (χ2n) is 3.81. The number of hydrogen-bond donors (Lipinski definition) is 0. The van der Waals surface area contributed by atoms with Crippen molar-refractivity contribution in [1.29, 1.82) is 0 Å². The molecule has 0 amide bonds. The van der Waals surface area contributed by atoms with Crippen LogP contribution in [0, 0.1) is 0 Å². The van der Waals surface area contributed by atoms with E-state index in [0.717, 1.165) is 28.7 Å². The predicted octanol–water partition coefficient (Wildman–Crippen LogP) is 3.33. The second kappa shape index (κ2) is 5.82. The highest BCUT2D eigenvalue weighted by Gasteiger charge is 2.05. The molecule has 0 unspecified atom stereocenters. The van der Waals surface area contributed by atoms with Gasteiger partial charge < -0.3 is 4.74 Å². The number of allylic oxidation sites excluding steroid dienone is 1. The Labute approximate surface area is 107 Å². The van der Waals surface area contributed by atoms with Crippen LogP contribution in [0.2, 0.25) is 0 Å². The Morgan fingerprint density at radius 1 is 1.00 bits per heavy atom. The van der Waals surface area contributed by atoms with E-state index in [-0.39, 0.29) is 0 Å². The fourth-order valence-electron chi connectivity index (χ4n) is 1.84. The summed E-state index contributed by atoms with van der Waals surface area (Å²) in [5, 5.41) is 0. The van der Waals surface area contributed by atoms with Gasteiger partial charge in [0.15, 0.2) is 0 Å². The molecule has 2 nitrogen and oxygen atoms in total. The van der Waals surface area contributed by atoms with Gasteiger partial charge in [-0.1, -0.05) is 42.5 Å². The molecule has 0 aliphatic heterocycles. The smallest absolute Gasteiger partial charge is 0.143 e. The molecule has 0 fully saturated rings. The minimum absolute atomic E-state index is 0.778. The number of carbonyl (C=O) groups excluding carboxylic acids is 1. The van der Waals surface area contributed by atoms with E-state index in [1.54, 1.807) is 13.2 Å². The van der Waals surface area contributed by atoms with Crippen LogP contribution in [0.25, 0.3) is 5.57 Å². The minimum atomic E-state index is 0.778. The predicted molar refractivity (Wildman–Crippen MR) is 72.6 cm³/mol. The van der Waals surface area contributed by atoms with Gasteiger partial charge in [0.1, 0.15) is 12.0 Å². The van der Waals surface area contributed by atoms with Crippen LogP contribution in [-0.4, -0.2) is 13.4 Å². The Hall–Kier alpha value is -2.35. The van der Waals surface area contributed by atoms with Crippen LogP contribution in [0.1, 0.15) is 11.1 Å². The van der Waals surface area contributed by atoms with Crippen molar-refractivity contribution in [3.63, 3.8) is 0 Å². The lowest BCUT2D eigenvalue weighted by Gasteiger charge is -2.08. The molecule has 0 saturated carbocycles. The van der Waals surface area contributed by atoms with E-state index >= 15 is 0 Å². The number of ether oxygens (including phenoxy) is 1. The molecule has 0 atom stereocenters. The quantitative estimate of drug-likeness (QED) is 0.603. The molecule has 2 rings (SSSR count). The third-order valence-electron chi connectivity index (χ3n) is 2.70. The van der Waals surface area contributed by atoms with Crippen molar-refractivity contribution >= 4 is 11.9 Å². The highest BCUT2D eigenvalue weighted by Crippen LogP contribution is 2.25. The van der Waals surface area contributed by atoms with Crippen molar-refractivity contribution in [2.45, 2.75) is 0 Å². The lowest BCUT2D eigenvalue weighted by atomic mass is 9.98. The number of hydrogen-bond acceptors (Lipinski definition) is 2. The zero-order valence-electron chi connectivity index (χ0n) is 10.2. The fraction of sp³-hybridized carbons (Fsp3) is 0.0625. The van der Waals surface area contributed by atoms with Crippen LogP contribution >= 0.6 is 0 Å². The normalized spacial score (nSPS) is 11.1. The fourth-order valence-corrected chi connectivity index (χ4v) is 1.84. The van der Waals surface area contributed by atoms with Gasteiger partial charge in [0.2, 0.25) is 0 Å². The van der Waals surface area contributed by atoms with Gasteiger partial charge in [0.25, 0.3) is 0 Å². The lowest BCUT2D eigenvalue weighted by molar-refractivity contribution is -0.104. The topological polar surface area (TPSA) is 26.3 Å². The van der Waals surface area contributed by atoms with E-state index in [2.05, 4.69) is 0 Å². The Morgan fingerprint density at radius 2 is 1.72 bits per heavy atom. The molecule has 0 aliphatic rings. The zero-order chi connectivity index (χ0) is 12.8. The molecule has 0 radical (unpaired) electrons. The molecule has 0 spiro atoms. The molecule has 0 bridgehead atoms. The van der Waals surface area contributed by atoms with E-state index in [0.29, 0.717) is 0 Å². The van der Waals surface area contributed by atoms with Crippen LogP contribution in [0.4, 0.5) is 0 Å². The molecule has 18 heavy (non-hydrogen) atoms. The summed E-state index contributed by atoms with van der Waals surface area (Å²) in [4.78, 5) is 10.8. The summed E-state index contributed by atoms with van der Waals surface area (Å²) in [5.41, 5.74) is 2.87. The van der Waals surface area contributed by atoms with Gasteiger partial charge in [0.05, 0.1) is 7.11 Å². The van der Waals surface area contributed by atoms with E-state index in [1.807, 2.05) is 54.6 Å². The zero-order valence-corrected chi connectivity index (χ0v) is 10.2. The van der Waals surface area contributed by atoms with Crippen LogP contribution in [0.5, 0.6) is 5.75 Å². The lowest BCUT2D eigenvalue weighted by Crippen LogP contribution is -1.90. The Balaban J connectivity index is 2.49. The maximum absolute atomic E-state index is 10.8. The first-order chi connectivity index (χ1) is 8.85.